The number of hydrogen-bond acceptors (Lipinski definition) is 6. The van der Waals surface area contributed by atoms with Crippen molar-refractivity contribution in [3.63, 3.8) is 0 Å². The first-order valence-corrected chi connectivity index (χ1v) is 10.4. The number of nitrogens with one attached hydrogen (secondary N) is 2. The van der Waals surface area contributed by atoms with Gasteiger partial charge in [-0.2, -0.15) is 0 Å². The van der Waals surface area contributed by atoms with Crippen molar-refractivity contribution in [3.05, 3.63) is 17.6 Å². The van der Waals surface area contributed by atoms with E-state index in [9.17, 15) is 0 Å². The number of hydrogen-bond donors (Lipinski definition) is 2. The predicted molar refractivity (Wildman–Crippen MR) is 104 cm³/mol. The molecule has 6 heteroatoms. The molecule has 3 saturated heterocycles. The summed E-state index contributed by atoms with van der Waals surface area (Å²) in [5.41, 5.74) is 1.22. The Bertz CT molecular complexity index is 576. The van der Waals surface area contributed by atoms with Gasteiger partial charge in [-0.15, -0.1) is 0 Å². The molecule has 0 spiro atoms. The SMILES string of the molecule is Cc1nc(NC2CCN(C[C@@H]3CCCO3)CC2)cc(C2CCNCC2)n1. The van der Waals surface area contributed by atoms with Crippen molar-refractivity contribution in [2.45, 2.75) is 63.5 Å². The van der Waals surface area contributed by atoms with E-state index in [1.165, 1.54) is 44.2 Å². The number of anilines is 1. The van der Waals surface area contributed by atoms with E-state index in [4.69, 9.17) is 9.72 Å². The lowest BCUT2D eigenvalue weighted by Crippen LogP contribution is -2.42. The third-order valence-electron chi connectivity index (χ3n) is 6.04. The Labute approximate surface area is 157 Å². The molecule has 3 aliphatic rings. The van der Waals surface area contributed by atoms with Gasteiger partial charge in [-0.1, -0.05) is 0 Å². The molecule has 0 radical (unpaired) electrons. The molecule has 144 valence electrons. The maximum atomic E-state index is 5.78. The van der Waals surface area contributed by atoms with Crippen LogP contribution < -0.4 is 10.6 Å². The topological polar surface area (TPSA) is 62.3 Å². The summed E-state index contributed by atoms with van der Waals surface area (Å²) >= 11 is 0. The van der Waals surface area contributed by atoms with Crippen LogP contribution in [0.15, 0.2) is 6.07 Å². The van der Waals surface area contributed by atoms with Gasteiger partial charge < -0.3 is 20.3 Å². The summed E-state index contributed by atoms with van der Waals surface area (Å²) in [6, 6.07) is 2.72. The van der Waals surface area contributed by atoms with Crippen LogP contribution in [-0.4, -0.2) is 66.3 Å². The minimum absolute atomic E-state index is 0.469. The molecule has 6 nitrogen and oxygen atoms in total. The van der Waals surface area contributed by atoms with Crippen molar-refractivity contribution < 1.29 is 4.74 Å². The summed E-state index contributed by atoms with van der Waals surface area (Å²) in [7, 11) is 0. The number of aryl methyl sites for hydroxylation is 1. The van der Waals surface area contributed by atoms with Crippen molar-refractivity contribution >= 4 is 5.82 Å². The van der Waals surface area contributed by atoms with Crippen LogP contribution in [0.25, 0.3) is 0 Å². The summed E-state index contributed by atoms with van der Waals surface area (Å²) < 4.78 is 5.78. The fourth-order valence-corrected chi connectivity index (χ4v) is 4.54. The minimum Gasteiger partial charge on any atom is -0.377 e. The Kier molecular flexibility index (Phi) is 6.02. The van der Waals surface area contributed by atoms with Crippen LogP contribution >= 0.6 is 0 Å². The molecular weight excluding hydrogens is 326 g/mol. The quantitative estimate of drug-likeness (QED) is 0.841. The number of ether oxygens (including phenoxy) is 1. The average Bonchev–Trinajstić information content (AvgIpc) is 3.17. The molecule has 3 aliphatic heterocycles. The molecule has 0 unspecified atom stereocenters. The number of aromatic nitrogens is 2. The minimum atomic E-state index is 0.469. The number of piperidine rings is 2. The third kappa shape index (κ3) is 4.72. The second kappa shape index (κ2) is 8.63. The lowest BCUT2D eigenvalue weighted by molar-refractivity contribution is 0.0654. The molecule has 0 aromatic carbocycles. The zero-order chi connectivity index (χ0) is 17.8. The van der Waals surface area contributed by atoms with Gasteiger partial charge in [0.1, 0.15) is 11.6 Å². The van der Waals surface area contributed by atoms with Gasteiger partial charge in [-0.3, -0.25) is 0 Å². The molecule has 0 aliphatic carbocycles. The summed E-state index contributed by atoms with van der Waals surface area (Å²) in [5.74, 6) is 2.48. The number of likely N-dealkylation sites (tertiary alicyclic amines) is 1. The van der Waals surface area contributed by atoms with Crippen LogP contribution in [0.1, 0.15) is 56.0 Å². The smallest absolute Gasteiger partial charge is 0.130 e. The molecule has 4 heterocycles. The van der Waals surface area contributed by atoms with E-state index in [1.807, 2.05) is 6.92 Å². The first-order valence-electron chi connectivity index (χ1n) is 10.4. The molecular formula is C20H33N5O. The number of rotatable bonds is 5. The molecule has 1 aromatic heterocycles. The summed E-state index contributed by atoms with van der Waals surface area (Å²) in [6.45, 7) is 8.58. The average molecular weight is 360 g/mol. The van der Waals surface area contributed by atoms with Crippen LogP contribution in [-0.2, 0) is 4.74 Å². The highest BCUT2D eigenvalue weighted by Gasteiger charge is 2.24. The Morgan fingerprint density at radius 2 is 1.96 bits per heavy atom. The Morgan fingerprint density at radius 3 is 2.69 bits per heavy atom. The summed E-state index contributed by atoms with van der Waals surface area (Å²) in [5, 5.41) is 7.13. The van der Waals surface area contributed by atoms with E-state index in [1.54, 1.807) is 0 Å². The zero-order valence-corrected chi connectivity index (χ0v) is 16.0. The van der Waals surface area contributed by atoms with E-state index < -0.39 is 0 Å². The molecule has 1 aromatic rings. The van der Waals surface area contributed by atoms with Crippen molar-refractivity contribution in [1.82, 2.24) is 20.2 Å². The largest absolute Gasteiger partial charge is 0.377 e. The Balaban J connectivity index is 1.30. The highest BCUT2D eigenvalue weighted by Crippen LogP contribution is 2.26. The molecule has 0 bridgehead atoms. The fourth-order valence-electron chi connectivity index (χ4n) is 4.54. The van der Waals surface area contributed by atoms with E-state index >= 15 is 0 Å². The Morgan fingerprint density at radius 1 is 1.15 bits per heavy atom. The second-order valence-electron chi connectivity index (χ2n) is 8.10. The van der Waals surface area contributed by atoms with Crippen LogP contribution in [0, 0.1) is 6.92 Å². The van der Waals surface area contributed by atoms with Crippen molar-refractivity contribution in [2.24, 2.45) is 0 Å². The van der Waals surface area contributed by atoms with E-state index in [0.29, 0.717) is 18.1 Å². The second-order valence-corrected chi connectivity index (χ2v) is 8.10. The lowest BCUT2D eigenvalue weighted by atomic mass is 9.94. The molecule has 4 rings (SSSR count). The predicted octanol–water partition coefficient (Wildman–Crippen LogP) is 2.31. The van der Waals surface area contributed by atoms with Crippen LogP contribution in [0.2, 0.25) is 0 Å². The number of nitrogens with zero attached hydrogens (tertiary/aromatic N) is 3. The third-order valence-corrected chi connectivity index (χ3v) is 6.04. The van der Waals surface area contributed by atoms with Crippen molar-refractivity contribution in [1.29, 1.82) is 0 Å². The summed E-state index contributed by atoms with van der Waals surface area (Å²) in [6.07, 6.45) is 7.65. The normalized spacial score (nSPS) is 26.3. The van der Waals surface area contributed by atoms with E-state index in [2.05, 4.69) is 26.6 Å². The van der Waals surface area contributed by atoms with E-state index in [-0.39, 0.29) is 0 Å². The fraction of sp³-hybridized carbons (Fsp3) is 0.800. The highest BCUT2D eigenvalue weighted by molar-refractivity contribution is 5.38. The van der Waals surface area contributed by atoms with Gasteiger partial charge in [0.15, 0.2) is 0 Å². The van der Waals surface area contributed by atoms with Gasteiger partial charge in [0.05, 0.1) is 6.10 Å². The van der Waals surface area contributed by atoms with Crippen molar-refractivity contribution in [2.75, 3.05) is 44.6 Å². The maximum Gasteiger partial charge on any atom is 0.130 e. The monoisotopic (exact) mass is 359 g/mol. The van der Waals surface area contributed by atoms with Crippen LogP contribution in [0.5, 0.6) is 0 Å². The van der Waals surface area contributed by atoms with Gasteiger partial charge in [0.25, 0.3) is 0 Å². The highest BCUT2D eigenvalue weighted by atomic mass is 16.5. The van der Waals surface area contributed by atoms with Crippen LogP contribution in [0.3, 0.4) is 0 Å². The molecule has 0 saturated carbocycles. The van der Waals surface area contributed by atoms with Gasteiger partial charge >= 0.3 is 0 Å². The molecule has 0 amide bonds. The molecule has 2 N–H and O–H groups in total. The van der Waals surface area contributed by atoms with Gasteiger partial charge in [-0.25, -0.2) is 9.97 Å². The van der Waals surface area contributed by atoms with Gasteiger partial charge in [-0.05, 0) is 58.5 Å². The molecule has 1 atom stereocenters. The maximum absolute atomic E-state index is 5.78. The first-order chi connectivity index (χ1) is 12.8. The van der Waals surface area contributed by atoms with Gasteiger partial charge in [0, 0.05) is 50.0 Å². The van der Waals surface area contributed by atoms with Crippen LogP contribution in [0.4, 0.5) is 5.82 Å². The van der Waals surface area contributed by atoms with Gasteiger partial charge in [0.2, 0.25) is 0 Å². The first kappa shape index (κ1) is 18.1. The molecule has 3 fully saturated rings. The molecule has 26 heavy (non-hydrogen) atoms. The van der Waals surface area contributed by atoms with Crippen molar-refractivity contribution in [3.8, 4) is 0 Å². The van der Waals surface area contributed by atoms with E-state index in [0.717, 1.165) is 51.0 Å². The Hall–Kier alpha value is -1.24. The lowest BCUT2D eigenvalue weighted by Gasteiger charge is -2.34. The summed E-state index contributed by atoms with van der Waals surface area (Å²) in [4.78, 5) is 11.9. The standard InChI is InChI=1S/C20H33N5O/c1-15-22-19(16-4-8-21-9-5-16)13-20(23-15)24-17-6-10-25(11-7-17)14-18-3-2-12-26-18/h13,16-18,21H,2-12,14H2,1H3,(H,22,23,24)/t18-/m0/s1. The zero-order valence-electron chi connectivity index (χ0n) is 16.0.